The predicted molar refractivity (Wildman–Crippen MR) is 51.4 cm³/mol. The second-order valence-corrected chi connectivity index (χ2v) is 4.26. The lowest BCUT2D eigenvalue weighted by atomic mass is 10.1. The Balaban J connectivity index is 1.84. The summed E-state index contributed by atoms with van der Waals surface area (Å²) in [6.07, 6.45) is 3.68. The van der Waals surface area contributed by atoms with Gasteiger partial charge in [0, 0.05) is 19.5 Å². The van der Waals surface area contributed by atoms with Gasteiger partial charge in [-0.2, -0.15) is 0 Å². The van der Waals surface area contributed by atoms with Gasteiger partial charge in [-0.15, -0.1) is 0 Å². The maximum absolute atomic E-state index is 11.3. The zero-order chi connectivity index (χ0) is 9.26. The van der Waals surface area contributed by atoms with E-state index in [2.05, 4.69) is 10.2 Å². The summed E-state index contributed by atoms with van der Waals surface area (Å²) in [7, 11) is 0. The van der Waals surface area contributed by atoms with Crippen LogP contribution in [0.25, 0.3) is 0 Å². The number of hydrogen-bond acceptors (Lipinski definition) is 2. The van der Waals surface area contributed by atoms with Crippen molar-refractivity contribution >= 4 is 5.91 Å². The molecule has 1 amide bonds. The lowest BCUT2D eigenvalue weighted by molar-refractivity contribution is -0.130. The zero-order valence-corrected chi connectivity index (χ0v) is 8.25. The molecule has 74 valence electrons. The van der Waals surface area contributed by atoms with Crippen LogP contribution in [0.1, 0.15) is 26.2 Å². The molecule has 2 fully saturated rings. The van der Waals surface area contributed by atoms with E-state index in [9.17, 15) is 4.79 Å². The molecule has 1 atom stereocenters. The van der Waals surface area contributed by atoms with E-state index >= 15 is 0 Å². The minimum Gasteiger partial charge on any atom is -0.340 e. The summed E-state index contributed by atoms with van der Waals surface area (Å²) >= 11 is 0. The SMILES string of the molecule is CC(=O)N(CC1CCNC1)C1CC1. The lowest BCUT2D eigenvalue weighted by Crippen LogP contribution is -2.36. The van der Waals surface area contributed by atoms with Gasteiger partial charge >= 0.3 is 0 Å². The van der Waals surface area contributed by atoms with Gasteiger partial charge in [0.25, 0.3) is 0 Å². The molecule has 3 nitrogen and oxygen atoms in total. The topological polar surface area (TPSA) is 32.3 Å². The van der Waals surface area contributed by atoms with E-state index in [1.807, 2.05) is 0 Å². The van der Waals surface area contributed by atoms with E-state index < -0.39 is 0 Å². The van der Waals surface area contributed by atoms with Gasteiger partial charge in [-0.3, -0.25) is 4.79 Å². The fraction of sp³-hybridized carbons (Fsp3) is 0.900. The molecule has 1 N–H and O–H groups in total. The summed E-state index contributed by atoms with van der Waals surface area (Å²) in [4.78, 5) is 13.4. The van der Waals surface area contributed by atoms with Crippen molar-refractivity contribution in [3.8, 4) is 0 Å². The van der Waals surface area contributed by atoms with E-state index in [-0.39, 0.29) is 5.91 Å². The molecule has 1 unspecified atom stereocenters. The van der Waals surface area contributed by atoms with Gasteiger partial charge in [-0.1, -0.05) is 0 Å². The van der Waals surface area contributed by atoms with Gasteiger partial charge < -0.3 is 10.2 Å². The first-order valence-electron chi connectivity index (χ1n) is 5.25. The van der Waals surface area contributed by atoms with Crippen LogP contribution in [0.15, 0.2) is 0 Å². The van der Waals surface area contributed by atoms with Crippen molar-refractivity contribution in [2.24, 2.45) is 5.92 Å². The summed E-state index contributed by atoms with van der Waals surface area (Å²) in [5.41, 5.74) is 0. The van der Waals surface area contributed by atoms with Gasteiger partial charge in [0.2, 0.25) is 5.91 Å². The van der Waals surface area contributed by atoms with Crippen LogP contribution in [0.4, 0.5) is 0 Å². The normalized spacial score (nSPS) is 27.6. The van der Waals surface area contributed by atoms with Crippen LogP contribution in [-0.2, 0) is 4.79 Å². The Bertz CT molecular complexity index is 195. The van der Waals surface area contributed by atoms with Crippen molar-refractivity contribution in [1.82, 2.24) is 10.2 Å². The van der Waals surface area contributed by atoms with Crippen molar-refractivity contribution in [2.45, 2.75) is 32.2 Å². The molecule has 1 aliphatic carbocycles. The molecular formula is C10H18N2O. The Hall–Kier alpha value is -0.570. The van der Waals surface area contributed by atoms with Gasteiger partial charge in [0.1, 0.15) is 0 Å². The predicted octanol–water partition coefficient (Wildman–Crippen LogP) is 0.607. The van der Waals surface area contributed by atoms with Crippen LogP contribution >= 0.6 is 0 Å². The van der Waals surface area contributed by atoms with Gasteiger partial charge in [0.15, 0.2) is 0 Å². The Morgan fingerprint density at radius 2 is 2.23 bits per heavy atom. The quantitative estimate of drug-likeness (QED) is 0.693. The van der Waals surface area contributed by atoms with Crippen LogP contribution in [0, 0.1) is 5.92 Å². The summed E-state index contributed by atoms with van der Waals surface area (Å²) in [5, 5.41) is 3.34. The summed E-state index contributed by atoms with van der Waals surface area (Å²) < 4.78 is 0. The molecule has 1 saturated heterocycles. The van der Waals surface area contributed by atoms with E-state index in [4.69, 9.17) is 0 Å². The number of nitrogens with one attached hydrogen (secondary N) is 1. The third-order valence-electron chi connectivity index (χ3n) is 3.01. The maximum Gasteiger partial charge on any atom is 0.219 e. The molecule has 1 heterocycles. The molecule has 0 aromatic rings. The Morgan fingerprint density at radius 3 is 2.69 bits per heavy atom. The molecule has 3 heteroatoms. The van der Waals surface area contributed by atoms with Gasteiger partial charge in [-0.25, -0.2) is 0 Å². The van der Waals surface area contributed by atoms with E-state index in [0.29, 0.717) is 12.0 Å². The second-order valence-electron chi connectivity index (χ2n) is 4.26. The third kappa shape index (κ3) is 2.21. The highest BCUT2D eigenvalue weighted by atomic mass is 16.2. The van der Waals surface area contributed by atoms with Crippen LogP contribution < -0.4 is 5.32 Å². The number of carbonyl (C=O) groups excluding carboxylic acids is 1. The zero-order valence-electron chi connectivity index (χ0n) is 8.25. The van der Waals surface area contributed by atoms with Crippen molar-refractivity contribution in [1.29, 1.82) is 0 Å². The Morgan fingerprint density at radius 1 is 1.46 bits per heavy atom. The number of amides is 1. The van der Waals surface area contributed by atoms with Gasteiger partial charge in [0.05, 0.1) is 0 Å². The van der Waals surface area contributed by atoms with Crippen molar-refractivity contribution < 1.29 is 4.79 Å². The van der Waals surface area contributed by atoms with Gasteiger partial charge in [-0.05, 0) is 38.3 Å². The van der Waals surface area contributed by atoms with Crippen LogP contribution in [0.3, 0.4) is 0 Å². The highest BCUT2D eigenvalue weighted by Crippen LogP contribution is 2.28. The summed E-state index contributed by atoms with van der Waals surface area (Å²) in [6, 6.07) is 0.582. The standard InChI is InChI=1S/C10H18N2O/c1-8(13)12(10-2-3-10)7-9-4-5-11-6-9/h9-11H,2-7H2,1H3. The van der Waals surface area contributed by atoms with Crippen molar-refractivity contribution in [3.63, 3.8) is 0 Å². The largest absolute Gasteiger partial charge is 0.340 e. The molecule has 1 saturated carbocycles. The van der Waals surface area contributed by atoms with Crippen LogP contribution in [-0.4, -0.2) is 36.5 Å². The first-order chi connectivity index (χ1) is 6.27. The van der Waals surface area contributed by atoms with Crippen LogP contribution in [0.5, 0.6) is 0 Å². The van der Waals surface area contributed by atoms with Crippen LogP contribution in [0.2, 0.25) is 0 Å². The number of nitrogens with zero attached hydrogens (tertiary/aromatic N) is 1. The van der Waals surface area contributed by atoms with E-state index in [1.54, 1.807) is 6.92 Å². The summed E-state index contributed by atoms with van der Waals surface area (Å²) in [6.45, 7) is 4.89. The smallest absolute Gasteiger partial charge is 0.219 e. The Kier molecular flexibility index (Phi) is 2.54. The van der Waals surface area contributed by atoms with Crippen molar-refractivity contribution in [2.75, 3.05) is 19.6 Å². The highest BCUT2D eigenvalue weighted by Gasteiger charge is 2.32. The molecule has 1 aliphatic heterocycles. The minimum absolute atomic E-state index is 0.259. The molecule has 2 aliphatic rings. The first-order valence-corrected chi connectivity index (χ1v) is 5.25. The van der Waals surface area contributed by atoms with E-state index in [0.717, 1.165) is 19.6 Å². The van der Waals surface area contributed by atoms with Crippen molar-refractivity contribution in [3.05, 3.63) is 0 Å². The first kappa shape index (κ1) is 9.00. The number of hydrogen-bond donors (Lipinski definition) is 1. The average molecular weight is 182 g/mol. The average Bonchev–Trinajstić information content (AvgIpc) is 2.79. The minimum atomic E-state index is 0.259. The fourth-order valence-electron chi connectivity index (χ4n) is 2.07. The number of carbonyl (C=O) groups is 1. The fourth-order valence-corrected chi connectivity index (χ4v) is 2.07. The van der Waals surface area contributed by atoms with E-state index in [1.165, 1.54) is 19.3 Å². The highest BCUT2D eigenvalue weighted by molar-refractivity contribution is 5.74. The number of rotatable bonds is 3. The lowest BCUT2D eigenvalue weighted by Gasteiger charge is -2.23. The summed E-state index contributed by atoms with van der Waals surface area (Å²) in [5.74, 6) is 0.957. The second kappa shape index (κ2) is 3.66. The monoisotopic (exact) mass is 182 g/mol. The molecule has 0 radical (unpaired) electrons. The molecule has 2 rings (SSSR count). The molecular weight excluding hydrogens is 164 g/mol. The Labute approximate surface area is 79.5 Å². The molecule has 0 aromatic heterocycles. The third-order valence-corrected chi connectivity index (χ3v) is 3.01. The molecule has 13 heavy (non-hydrogen) atoms. The molecule has 0 bridgehead atoms. The molecule has 0 spiro atoms. The molecule has 0 aromatic carbocycles. The maximum atomic E-state index is 11.3.